The standard InChI is InChI=1S/C24H19NO3/c1-27-23-13-19-12-21(25-22(15-26)20(19)14-24(23)28-2)18-10-6-9-17(11-18)16-7-4-3-5-8-16/h3-15H,1-2H3. The topological polar surface area (TPSA) is 48.4 Å². The van der Waals surface area contributed by atoms with Crippen LogP contribution >= 0.6 is 0 Å². The number of pyridine rings is 1. The van der Waals surface area contributed by atoms with E-state index in [0.29, 0.717) is 17.2 Å². The number of ether oxygens (including phenoxy) is 2. The van der Waals surface area contributed by atoms with Crippen LogP contribution in [0, 0.1) is 0 Å². The van der Waals surface area contributed by atoms with E-state index in [0.717, 1.165) is 39.4 Å². The number of carbonyl (C=O) groups is 1. The quantitative estimate of drug-likeness (QED) is 0.442. The lowest BCUT2D eigenvalue weighted by Gasteiger charge is -2.12. The molecule has 4 rings (SSSR count). The summed E-state index contributed by atoms with van der Waals surface area (Å²) in [7, 11) is 3.16. The highest BCUT2D eigenvalue weighted by atomic mass is 16.5. The first-order valence-corrected chi connectivity index (χ1v) is 8.91. The molecule has 3 aromatic carbocycles. The van der Waals surface area contributed by atoms with Gasteiger partial charge in [-0.1, -0.05) is 48.5 Å². The maximum Gasteiger partial charge on any atom is 0.169 e. The summed E-state index contributed by atoms with van der Waals surface area (Å²) in [5.74, 6) is 1.18. The molecule has 0 bridgehead atoms. The first-order chi connectivity index (χ1) is 13.7. The van der Waals surface area contributed by atoms with Crippen LogP contribution in [0.1, 0.15) is 10.5 Å². The molecule has 28 heavy (non-hydrogen) atoms. The average Bonchev–Trinajstić information content (AvgIpc) is 2.77. The van der Waals surface area contributed by atoms with Gasteiger partial charge in [-0.05, 0) is 40.8 Å². The molecule has 0 atom stereocenters. The van der Waals surface area contributed by atoms with Crippen LogP contribution < -0.4 is 9.47 Å². The third kappa shape index (κ3) is 3.21. The van der Waals surface area contributed by atoms with Crippen molar-refractivity contribution in [2.45, 2.75) is 0 Å². The zero-order chi connectivity index (χ0) is 19.5. The normalized spacial score (nSPS) is 10.6. The number of hydrogen-bond acceptors (Lipinski definition) is 4. The highest BCUT2D eigenvalue weighted by molar-refractivity contribution is 5.99. The second-order valence-corrected chi connectivity index (χ2v) is 6.39. The molecule has 4 heteroatoms. The highest BCUT2D eigenvalue weighted by Crippen LogP contribution is 2.35. The summed E-state index contributed by atoms with van der Waals surface area (Å²) < 4.78 is 10.8. The summed E-state index contributed by atoms with van der Waals surface area (Å²) in [6, 6.07) is 23.9. The number of aldehydes is 1. The first kappa shape index (κ1) is 17.7. The van der Waals surface area contributed by atoms with Crippen molar-refractivity contribution in [2.75, 3.05) is 14.2 Å². The smallest absolute Gasteiger partial charge is 0.169 e. The Morgan fingerprint density at radius 1 is 0.750 bits per heavy atom. The molecule has 0 aliphatic carbocycles. The molecule has 0 fully saturated rings. The lowest BCUT2D eigenvalue weighted by atomic mass is 10.00. The zero-order valence-electron chi connectivity index (χ0n) is 15.7. The van der Waals surface area contributed by atoms with Gasteiger partial charge in [0.1, 0.15) is 5.69 Å². The van der Waals surface area contributed by atoms with E-state index < -0.39 is 0 Å². The second kappa shape index (κ2) is 7.53. The molecule has 138 valence electrons. The Morgan fingerprint density at radius 2 is 1.43 bits per heavy atom. The van der Waals surface area contributed by atoms with E-state index in [4.69, 9.17) is 9.47 Å². The fourth-order valence-corrected chi connectivity index (χ4v) is 3.33. The van der Waals surface area contributed by atoms with Crippen LogP contribution in [0.5, 0.6) is 11.5 Å². The lowest BCUT2D eigenvalue weighted by molar-refractivity contribution is 0.112. The molecular weight excluding hydrogens is 350 g/mol. The van der Waals surface area contributed by atoms with Crippen molar-refractivity contribution in [3.63, 3.8) is 0 Å². The van der Waals surface area contributed by atoms with Gasteiger partial charge in [-0.2, -0.15) is 0 Å². The van der Waals surface area contributed by atoms with E-state index in [9.17, 15) is 4.79 Å². The van der Waals surface area contributed by atoms with Gasteiger partial charge in [-0.3, -0.25) is 4.79 Å². The number of aromatic nitrogens is 1. The van der Waals surface area contributed by atoms with Gasteiger partial charge in [0, 0.05) is 10.9 Å². The molecular formula is C24H19NO3. The number of fused-ring (bicyclic) bond motifs is 1. The molecule has 0 radical (unpaired) electrons. The largest absolute Gasteiger partial charge is 0.493 e. The Morgan fingerprint density at radius 3 is 2.14 bits per heavy atom. The van der Waals surface area contributed by atoms with Crippen molar-refractivity contribution in [2.24, 2.45) is 0 Å². The molecule has 0 aliphatic heterocycles. The molecule has 1 heterocycles. The van der Waals surface area contributed by atoms with Crippen molar-refractivity contribution < 1.29 is 14.3 Å². The fourth-order valence-electron chi connectivity index (χ4n) is 3.33. The fraction of sp³-hybridized carbons (Fsp3) is 0.0833. The van der Waals surface area contributed by atoms with Gasteiger partial charge < -0.3 is 9.47 Å². The highest BCUT2D eigenvalue weighted by Gasteiger charge is 2.13. The molecule has 0 unspecified atom stereocenters. The van der Waals surface area contributed by atoms with Gasteiger partial charge in [0.05, 0.1) is 19.9 Å². The van der Waals surface area contributed by atoms with Crippen LogP contribution in [-0.4, -0.2) is 25.5 Å². The van der Waals surface area contributed by atoms with E-state index in [1.165, 1.54) is 0 Å². The molecule has 4 aromatic rings. The molecule has 0 saturated carbocycles. The Hall–Kier alpha value is -3.66. The molecule has 0 aliphatic rings. The average molecular weight is 369 g/mol. The lowest BCUT2D eigenvalue weighted by Crippen LogP contribution is -1.96. The van der Waals surface area contributed by atoms with E-state index in [1.807, 2.05) is 42.5 Å². The molecule has 4 nitrogen and oxygen atoms in total. The van der Waals surface area contributed by atoms with Gasteiger partial charge in [-0.15, -0.1) is 0 Å². The SMILES string of the molecule is COc1cc2cc(-c3cccc(-c4ccccc4)c3)nc(C=O)c2cc1OC. The summed E-state index contributed by atoms with van der Waals surface area (Å²) in [6.07, 6.45) is 0.777. The zero-order valence-corrected chi connectivity index (χ0v) is 15.7. The van der Waals surface area contributed by atoms with Crippen molar-refractivity contribution in [3.8, 4) is 33.9 Å². The number of hydrogen-bond donors (Lipinski definition) is 0. The Kier molecular flexibility index (Phi) is 4.77. The van der Waals surface area contributed by atoms with Gasteiger partial charge in [0.2, 0.25) is 0 Å². The van der Waals surface area contributed by atoms with Crippen LogP contribution in [0.2, 0.25) is 0 Å². The van der Waals surface area contributed by atoms with Crippen molar-refractivity contribution in [3.05, 3.63) is 78.5 Å². The third-order valence-corrected chi connectivity index (χ3v) is 4.74. The molecule has 1 aromatic heterocycles. The summed E-state index contributed by atoms with van der Waals surface area (Å²) in [4.78, 5) is 16.3. The minimum atomic E-state index is 0.374. The summed E-state index contributed by atoms with van der Waals surface area (Å²) in [5.41, 5.74) is 4.28. The number of nitrogens with zero attached hydrogens (tertiary/aromatic N) is 1. The predicted octanol–water partition coefficient (Wildman–Crippen LogP) is 5.40. The van der Waals surface area contributed by atoms with Gasteiger partial charge in [0.15, 0.2) is 17.8 Å². The van der Waals surface area contributed by atoms with Crippen molar-refractivity contribution in [1.29, 1.82) is 0 Å². The van der Waals surface area contributed by atoms with Gasteiger partial charge >= 0.3 is 0 Å². The summed E-state index contributed by atoms with van der Waals surface area (Å²) in [6.45, 7) is 0. The second-order valence-electron chi connectivity index (χ2n) is 6.39. The van der Waals surface area contributed by atoms with Crippen molar-refractivity contribution >= 4 is 17.1 Å². The van der Waals surface area contributed by atoms with E-state index in [-0.39, 0.29) is 0 Å². The Bertz CT molecular complexity index is 1150. The minimum absolute atomic E-state index is 0.374. The summed E-state index contributed by atoms with van der Waals surface area (Å²) >= 11 is 0. The third-order valence-electron chi connectivity index (χ3n) is 4.74. The van der Waals surface area contributed by atoms with Crippen molar-refractivity contribution in [1.82, 2.24) is 4.98 Å². The molecule has 0 N–H and O–H groups in total. The number of benzene rings is 3. The number of rotatable bonds is 5. The first-order valence-electron chi connectivity index (χ1n) is 8.91. The van der Waals surface area contributed by atoms with E-state index >= 15 is 0 Å². The van der Waals surface area contributed by atoms with E-state index in [1.54, 1.807) is 20.3 Å². The minimum Gasteiger partial charge on any atom is -0.493 e. The van der Waals surface area contributed by atoms with Crippen LogP contribution in [-0.2, 0) is 0 Å². The maximum atomic E-state index is 11.7. The monoisotopic (exact) mass is 369 g/mol. The van der Waals surface area contributed by atoms with Crippen LogP contribution in [0.4, 0.5) is 0 Å². The van der Waals surface area contributed by atoms with Crippen LogP contribution in [0.25, 0.3) is 33.2 Å². The number of methoxy groups -OCH3 is 2. The van der Waals surface area contributed by atoms with Crippen LogP contribution in [0.3, 0.4) is 0 Å². The summed E-state index contributed by atoms with van der Waals surface area (Å²) in [5, 5.41) is 1.60. The molecule has 0 amide bonds. The Balaban J connectivity index is 1.89. The maximum absolute atomic E-state index is 11.7. The van der Waals surface area contributed by atoms with Gasteiger partial charge in [0.25, 0.3) is 0 Å². The predicted molar refractivity (Wildman–Crippen MR) is 111 cm³/mol. The number of carbonyl (C=O) groups excluding carboxylic acids is 1. The Labute approximate surface area is 163 Å². The molecule has 0 saturated heterocycles. The van der Waals surface area contributed by atoms with E-state index in [2.05, 4.69) is 29.2 Å². The van der Waals surface area contributed by atoms with Crippen LogP contribution in [0.15, 0.2) is 72.8 Å². The van der Waals surface area contributed by atoms with Gasteiger partial charge in [-0.25, -0.2) is 4.98 Å². The molecule has 0 spiro atoms.